The Bertz CT molecular complexity index is 565. The summed E-state index contributed by atoms with van der Waals surface area (Å²) in [5.74, 6) is -6.90. The number of alkyl halides is 4. The van der Waals surface area contributed by atoms with Gasteiger partial charge in [-0.3, -0.25) is 9.69 Å². The number of hydrogen-bond donors (Lipinski definition) is 1. The van der Waals surface area contributed by atoms with Crippen molar-refractivity contribution >= 4 is 23.4 Å². The highest BCUT2D eigenvalue weighted by Crippen LogP contribution is 2.27. The molecule has 1 aromatic carbocycles. The highest BCUT2D eigenvalue weighted by atomic mass is 19.3. The summed E-state index contributed by atoms with van der Waals surface area (Å²) in [6, 6.07) is 5.33. The molecule has 1 aromatic rings. The summed E-state index contributed by atoms with van der Waals surface area (Å²) >= 11 is 0. The number of ether oxygens (including phenoxy) is 1. The monoisotopic (exact) mass is 306 g/mol. The Balaban J connectivity index is 2.15. The third-order valence-electron chi connectivity index (χ3n) is 2.75. The van der Waals surface area contributed by atoms with Gasteiger partial charge < -0.3 is 10.1 Å². The molecule has 1 saturated heterocycles. The van der Waals surface area contributed by atoms with Crippen molar-refractivity contribution in [3.8, 4) is 0 Å². The van der Waals surface area contributed by atoms with Gasteiger partial charge in [0.1, 0.15) is 6.61 Å². The summed E-state index contributed by atoms with van der Waals surface area (Å²) in [5, 5.41) is 1.69. The zero-order valence-corrected chi connectivity index (χ0v) is 10.5. The van der Waals surface area contributed by atoms with Crippen molar-refractivity contribution in [2.45, 2.75) is 12.3 Å². The number of halogens is 4. The van der Waals surface area contributed by atoms with Crippen LogP contribution in [-0.2, 0) is 9.53 Å². The van der Waals surface area contributed by atoms with Crippen LogP contribution in [0, 0.1) is 0 Å². The summed E-state index contributed by atoms with van der Waals surface area (Å²) < 4.78 is 54.5. The molecular formula is C12H10F4N2O3. The van der Waals surface area contributed by atoms with E-state index >= 15 is 0 Å². The quantitative estimate of drug-likeness (QED) is 0.869. The number of rotatable bonds is 4. The molecule has 0 radical (unpaired) electrons. The van der Waals surface area contributed by atoms with Gasteiger partial charge in [-0.1, -0.05) is 6.07 Å². The average Bonchev–Trinajstić information content (AvgIpc) is 2.85. The molecule has 1 N–H and O–H groups in total. The topological polar surface area (TPSA) is 58.6 Å². The molecule has 114 valence electrons. The summed E-state index contributed by atoms with van der Waals surface area (Å²) in [6.07, 6.45) is -4.72. The van der Waals surface area contributed by atoms with Crippen molar-refractivity contribution in [1.82, 2.24) is 0 Å². The second kappa shape index (κ2) is 5.58. The molecule has 1 heterocycles. The third-order valence-corrected chi connectivity index (χ3v) is 2.75. The molecule has 1 aliphatic heterocycles. The Morgan fingerprint density at radius 2 is 2.10 bits per heavy atom. The lowest BCUT2D eigenvalue weighted by atomic mass is 10.2. The van der Waals surface area contributed by atoms with Crippen molar-refractivity contribution in [3.05, 3.63) is 24.3 Å². The average molecular weight is 306 g/mol. The normalized spacial score (nSPS) is 15.3. The smallest absolute Gasteiger partial charge is 0.414 e. The molecule has 1 aliphatic rings. The molecule has 0 saturated carbocycles. The lowest BCUT2D eigenvalue weighted by Gasteiger charge is -2.17. The van der Waals surface area contributed by atoms with E-state index in [9.17, 15) is 27.2 Å². The van der Waals surface area contributed by atoms with Crippen LogP contribution in [0.2, 0.25) is 0 Å². The molecule has 0 aliphatic carbocycles. The first kappa shape index (κ1) is 15.1. The minimum absolute atomic E-state index is 0.127. The first-order valence-electron chi connectivity index (χ1n) is 5.84. The molecular weight excluding hydrogens is 296 g/mol. The predicted octanol–water partition coefficient (Wildman–Crippen LogP) is 2.48. The third kappa shape index (κ3) is 3.06. The Kier molecular flexibility index (Phi) is 4.01. The lowest BCUT2D eigenvalue weighted by Crippen LogP contribution is -2.41. The summed E-state index contributed by atoms with van der Waals surface area (Å²) in [4.78, 5) is 23.7. The lowest BCUT2D eigenvalue weighted by molar-refractivity contribution is -0.163. The van der Waals surface area contributed by atoms with Crippen LogP contribution in [0.15, 0.2) is 24.3 Å². The van der Waals surface area contributed by atoms with Gasteiger partial charge in [0.25, 0.3) is 0 Å². The van der Waals surface area contributed by atoms with Crippen LogP contribution >= 0.6 is 0 Å². The summed E-state index contributed by atoms with van der Waals surface area (Å²) in [6.45, 7) is 0.447. The van der Waals surface area contributed by atoms with Gasteiger partial charge in [0, 0.05) is 11.4 Å². The molecule has 1 fully saturated rings. The fourth-order valence-corrected chi connectivity index (χ4v) is 1.69. The van der Waals surface area contributed by atoms with Gasteiger partial charge in [0.05, 0.1) is 6.54 Å². The number of cyclic esters (lactones) is 1. The zero-order chi connectivity index (χ0) is 15.6. The molecule has 0 bridgehead atoms. The van der Waals surface area contributed by atoms with Crippen LogP contribution < -0.4 is 10.2 Å². The van der Waals surface area contributed by atoms with E-state index in [1.807, 2.05) is 0 Å². The second-order valence-corrected chi connectivity index (χ2v) is 4.19. The maximum atomic E-state index is 12.8. The molecule has 9 heteroatoms. The molecule has 0 unspecified atom stereocenters. The van der Waals surface area contributed by atoms with Crippen LogP contribution in [0.4, 0.5) is 33.7 Å². The molecule has 0 spiro atoms. The van der Waals surface area contributed by atoms with Gasteiger partial charge in [-0.25, -0.2) is 13.6 Å². The van der Waals surface area contributed by atoms with Gasteiger partial charge in [-0.2, -0.15) is 8.78 Å². The van der Waals surface area contributed by atoms with E-state index in [1.54, 1.807) is 5.32 Å². The fraction of sp³-hybridized carbons (Fsp3) is 0.333. The van der Waals surface area contributed by atoms with Gasteiger partial charge in [0.15, 0.2) is 0 Å². The molecule has 2 amide bonds. The number of anilines is 2. The molecule has 0 aromatic heterocycles. The van der Waals surface area contributed by atoms with E-state index in [0.29, 0.717) is 5.69 Å². The zero-order valence-electron chi connectivity index (χ0n) is 10.5. The van der Waals surface area contributed by atoms with E-state index in [4.69, 9.17) is 4.74 Å². The number of benzene rings is 1. The standard InChI is InChI=1S/C12H10F4N2O3/c13-9(14)12(15,16)10(19)17-7-2-1-3-8(6-7)18-4-5-21-11(18)20/h1-3,6,9H,4-5H2,(H,17,19). The van der Waals surface area contributed by atoms with Crippen molar-refractivity contribution in [1.29, 1.82) is 0 Å². The first-order chi connectivity index (χ1) is 9.82. The van der Waals surface area contributed by atoms with E-state index in [1.165, 1.54) is 29.2 Å². The van der Waals surface area contributed by atoms with Crippen LogP contribution in [0.1, 0.15) is 0 Å². The number of nitrogens with zero attached hydrogens (tertiary/aromatic N) is 1. The Morgan fingerprint density at radius 3 is 2.67 bits per heavy atom. The second-order valence-electron chi connectivity index (χ2n) is 4.19. The number of amides is 2. The van der Waals surface area contributed by atoms with Crippen LogP contribution in [0.3, 0.4) is 0 Å². The SMILES string of the molecule is O=C1OCCN1c1cccc(NC(=O)C(F)(F)C(F)F)c1. The highest BCUT2D eigenvalue weighted by Gasteiger charge is 2.49. The van der Waals surface area contributed by atoms with Gasteiger partial charge in [-0.05, 0) is 18.2 Å². The maximum absolute atomic E-state index is 12.8. The predicted molar refractivity (Wildman–Crippen MR) is 64.7 cm³/mol. The van der Waals surface area contributed by atoms with Crippen molar-refractivity contribution < 1.29 is 31.9 Å². The Labute approximate surface area is 116 Å². The molecule has 0 atom stereocenters. The molecule has 5 nitrogen and oxygen atoms in total. The number of hydrogen-bond acceptors (Lipinski definition) is 3. The van der Waals surface area contributed by atoms with Crippen LogP contribution in [0.25, 0.3) is 0 Å². The van der Waals surface area contributed by atoms with Gasteiger partial charge >= 0.3 is 24.3 Å². The highest BCUT2D eigenvalue weighted by molar-refractivity contribution is 5.97. The summed E-state index contributed by atoms with van der Waals surface area (Å²) in [7, 11) is 0. The van der Waals surface area contributed by atoms with Crippen molar-refractivity contribution in [3.63, 3.8) is 0 Å². The number of carbonyl (C=O) groups excluding carboxylic acids is 2. The first-order valence-corrected chi connectivity index (χ1v) is 5.84. The minimum Gasteiger partial charge on any atom is -0.447 e. The van der Waals surface area contributed by atoms with E-state index in [2.05, 4.69) is 0 Å². The number of carbonyl (C=O) groups is 2. The van der Waals surface area contributed by atoms with Crippen LogP contribution in [-0.4, -0.2) is 37.5 Å². The Hall–Kier alpha value is -2.32. The maximum Gasteiger partial charge on any atom is 0.414 e. The number of nitrogens with one attached hydrogen (secondary N) is 1. The molecule has 21 heavy (non-hydrogen) atoms. The van der Waals surface area contributed by atoms with Crippen molar-refractivity contribution in [2.24, 2.45) is 0 Å². The van der Waals surface area contributed by atoms with E-state index in [0.717, 1.165) is 0 Å². The summed E-state index contributed by atoms with van der Waals surface area (Å²) in [5.41, 5.74) is 0.174. The fourth-order valence-electron chi connectivity index (χ4n) is 1.69. The molecule has 2 rings (SSSR count). The van der Waals surface area contributed by atoms with E-state index < -0.39 is 24.3 Å². The van der Waals surface area contributed by atoms with Crippen LogP contribution in [0.5, 0.6) is 0 Å². The van der Waals surface area contributed by atoms with Gasteiger partial charge in [-0.15, -0.1) is 0 Å². The minimum atomic E-state index is -4.79. The van der Waals surface area contributed by atoms with E-state index in [-0.39, 0.29) is 18.8 Å². The van der Waals surface area contributed by atoms with Gasteiger partial charge in [0.2, 0.25) is 0 Å². The largest absolute Gasteiger partial charge is 0.447 e. The Morgan fingerprint density at radius 1 is 1.38 bits per heavy atom. The van der Waals surface area contributed by atoms with Crippen molar-refractivity contribution in [2.75, 3.05) is 23.4 Å².